The lowest BCUT2D eigenvalue weighted by atomic mass is 10.4. The maximum absolute atomic E-state index is 4.86. The highest BCUT2D eigenvalue weighted by atomic mass is 32.1. The zero-order chi connectivity index (χ0) is 6.69. The molecule has 0 aliphatic rings. The van der Waals surface area contributed by atoms with Gasteiger partial charge in [-0.3, -0.25) is 5.10 Å². The molecule has 9 heavy (non-hydrogen) atoms. The van der Waals surface area contributed by atoms with Gasteiger partial charge in [-0.15, -0.1) is 0 Å². The van der Waals surface area contributed by atoms with E-state index in [9.17, 15) is 0 Å². The smallest absolute Gasteiger partial charge is 0.151 e. The summed E-state index contributed by atoms with van der Waals surface area (Å²) in [5.74, 6) is 0. The fourth-order valence-corrected chi connectivity index (χ4v) is 0.790. The second kappa shape index (κ2) is 2.68. The summed E-state index contributed by atoms with van der Waals surface area (Å²) in [5, 5.41) is 6.53. The Kier molecular flexibility index (Phi) is 1.89. The van der Waals surface area contributed by atoms with Crippen LogP contribution in [0.15, 0.2) is 6.33 Å². The number of nitrogens with zero attached hydrogens (tertiary/aromatic N) is 2. The van der Waals surface area contributed by atoms with Gasteiger partial charge in [-0.25, -0.2) is 4.98 Å². The topological polar surface area (TPSA) is 41.6 Å². The van der Waals surface area contributed by atoms with E-state index in [1.165, 1.54) is 6.33 Å². The molecule has 1 heterocycles. The maximum Gasteiger partial charge on any atom is 0.151 e. The predicted molar refractivity (Wildman–Crippen MR) is 36.6 cm³/mol. The van der Waals surface area contributed by atoms with Crippen LogP contribution in [0.3, 0.4) is 0 Å². The van der Waals surface area contributed by atoms with Gasteiger partial charge in [-0.2, -0.15) is 5.10 Å². The average Bonchev–Trinajstić information content (AvgIpc) is 1.89. The minimum atomic E-state index is 0.594. The zero-order valence-electron chi connectivity index (χ0n) is 5.09. The molecule has 0 atom stereocenters. The van der Waals surface area contributed by atoms with E-state index in [-0.39, 0.29) is 0 Å². The Hall–Kier alpha value is -0.770. The monoisotopic (exact) mass is 141 g/mol. The van der Waals surface area contributed by atoms with Crippen LogP contribution < -0.4 is 0 Å². The first-order chi connectivity index (χ1) is 4.34. The molecule has 0 saturated heterocycles. The summed E-state index contributed by atoms with van der Waals surface area (Å²) >= 11 is 4.86. The molecule has 1 aromatic rings. The van der Waals surface area contributed by atoms with Gasteiger partial charge in [0.15, 0.2) is 4.64 Å². The molecular weight excluding hydrogens is 134 g/mol. The van der Waals surface area contributed by atoms with Crippen molar-refractivity contribution in [3.8, 4) is 0 Å². The Morgan fingerprint density at radius 1 is 1.78 bits per heavy atom. The van der Waals surface area contributed by atoms with Gasteiger partial charge < -0.3 is 0 Å². The Balaban J connectivity index is 3.16. The molecule has 48 valence electrons. The van der Waals surface area contributed by atoms with Crippen molar-refractivity contribution in [3.63, 3.8) is 0 Å². The highest BCUT2D eigenvalue weighted by Gasteiger charge is 1.90. The van der Waals surface area contributed by atoms with Crippen molar-refractivity contribution < 1.29 is 0 Å². The van der Waals surface area contributed by atoms with Crippen LogP contribution in [0.1, 0.15) is 12.6 Å². The minimum absolute atomic E-state index is 0.594. The average molecular weight is 141 g/mol. The van der Waals surface area contributed by atoms with E-state index in [4.69, 9.17) is 12.2 Å². The summed E-state index contributed by atoms with van der Waals surface area (Å²) < 4.78 is 0.594. The minimum Gasteiger partial charge on any atom is -0.267 e. The number of H-pyrrole nitrogens is 1. The molecule has 0 aliphatic carbocycles. The molecule has 1 N–H and O–H groups in total. The molecule has 0 radical (unpaired) electrons. The molecule has 0 spiro atoms. The zero-order valence-corrected chi connectivity index (χ0v) is 5.90. The van der Waals surface area contributed by atoms with E-state index in [1.54, 1.807) is 0 Å². The Labute approximate surface area is 58.1 Å². The van der Waals surface area contributed by atoms with Crippen molar-refractivity contribution in [3.05, 3.63) is 16.7 Å². The largest absolute Gasteiger partial charge is 0.267 e. The number of hydrogen-bond acceptors (Lipinski definition) is 3. The first-order valence-electron chi connectivity index (χ1n) is 2.73. The highest BCUT2D eigenvalue weighted by Crippen LogP contribution is 1.91. The molecular formula is C5H7N3S. The van der Waals surface area contributed by atoms with Crippen molar-refractivity contribution in [2.24, 2.45) is 0 Å². The second-order valence-corrected chi connectivity index (χ2v) is 1.99. The summed E-state index contributed by atoms with van der Waals surface area (Å²) in [6.07, 6.45) is 2.32. The van der Waals surface area contributed by atoms with E-state index >= 15 is 0 Å². The molecule has 0 bridgehead atoms. The van der Waals surface area contributed by atoms with Gasteiger partial charge in [0.25, 0.3) is 0 Å². The van der Waals surface area contributed by atoms with Crippen LogP contribution in [-0.4, -0.2) is 15.2 Å². The van der Waals surface area contributed by atoms with Crippen molar-refractivity contribution in [1.82, 2.24) is 15.2 Å². The molecule has 1 rings (SSSR count). The summed E-state index contributed by atoms with van der Waals surface area (Å²) in [5.41, 5.74) is 0.854. The van der Waals surface area contributed by atoms with Gasteiger partial charge in [0.05, 0.1) is 5.69 Å². The summed E-state index contributed by atoms with van der Waals surface area (Å²) in [6.45, 7) is 1.99. The Morgan fingerprint density at radius 3 is 3.00 bits per heavy atom. The molecule has 0 fully saturated rings. The van der Waals surface area contributed by atoms with Gasteiger partial charge in [0, 0.05) is 0 Å². The number of nitrogens with one attached hydrogen (secondary N) is 1. The number of rotatable bonds is 1. The van der Waals surface area contributed by atoms with Gasteiger partial charge >= 0.3 is 0 Å². The lowest BCUT2D eigenvalue weighted by Gasteiger charge is -1.89. The summed E-state index contributed by atoms with van der Waals surface area (Å²) in [4.78, 5) is 3.85. The summed E-state index contributed by atoms with van der Waals surface area (Å²) in [7, 11) is 0. The Morgan fingerprint density at radius 2 is 2.56 bits per heavy atom. The van der Waals surface area contributed by atoms with Gasteiger partial charge in [0.2, 0.25) is 0 Å². The third-order valence-electron chi connectivity index (χ3n) is 1.02. The first-order valence-corrected chi connectivity index (χ1v) is 3.14. The van der Waals surface area contributed by atoms with E-state index in [1.807, 2.05) is 6.92 Å². The molecule has 0 amide bonds. The standard InChI is InChI=1S/C5H7N3S/c1-2-4-5(9)6-3-7-8-4/h3H,2H2,1H3,(H,6,7,9). The fourth-order valence-electron chi connectivity index (χ4n) is 0.547. The predicted octanol–water partition coefficient (Wildman–Crippen LogP) is 1.10. The maximum atomic E-state index is 4.86. The first kappa shape index (κ1) is 6.35. The third-order valence-corrected chi connectivity index (χ3v) is 1.36. The molecule has 3 nitrogen and oxygen atoms in total. The van der Waals surface area contributed by atoms with E-state index in [2.05, 4.69) is 15.2 Å². The van der Waals surface area contributed by atoms with Crippen molar-refractivity contribution in [2.45, 2.75) is 13.3 Å². The quantitative estimate of drug-likeness (QED) is 0.595. The lowest BCUT2D eigenvalue weighted by molar-refractivity contribution is 0.868. The van der Waals surface area contributed by atoms with Crippen molar-refractivity contribution in [2.75, 3.05) is 0 Å². The lowest BCUT2D eigenvalue weighted by Crippen LogP contribution is -1.92. The number of aromatic nitrogens is 3. The normalized spacial score (nSPS) is 9.44. The van der Waals surface area contributed by atoms with Crippen LogP contribution in [0.25, 0.3) is 0 Å². The van der Waals surface area contributed by atoms with Gasteiger partial charge in [-0.05, 0) is 6.42 Å². The highest BCUT2D eigenvalue weighted by molar-refractivity contribution is 7.71. The third kappa shape index (κ3) is 1.32. The Bertz CT molecular complexity index is 242. The molecule has 1 aromatic heterocycles. The SMILES string of the molecule is CCc1n[nH]cnc1=S. The fraction of sp³-hybridized carbons (Fsp3) is 0.400. The van der Waals surface area contributed by atoms with Crippen LogP contribution in [0, 0.1) is 4.64 Å². The number of hydrogen-bond donors (Lipinski definition) is 1. The molecule has 0 aromatic carbocycles. The molecule has 0 aliphatic heterocycles. The van der Waals surface area contributed by atoms with E-state index in [0.29, 0.717) is 4.64 Å². The number of aromatic amines is 1. The van der Waals surface area contributed by atoms with E-state index in [0.717, 1.165) is 12.1 Å². The van der Waals surface area contributed by atoms with Crippen LogP contribution >= 0.6 is 12.2 Å². The number of aryl methyl sites for hydroxylation is 1. The summed E-state index contributed by atoms with van der Waals surface area (Å²) in [6, 6.07) is 0. The van der Waals surface area contributed by atoms with Crippen molar-refractivity contribution >= 4 is 12.2 Å². The molecule has 4 heteroatoms. The van der Waals surface area contributed by atoms with Gasteiger partial charge in [-0.1, -0.05) is 19.1 Å². The van der Waals surface area contributed by atoms with Crippen LogP contribution in [-0.2, 0) is 6.42 Å². The van der Waals surface area contributed by atoms with Crippen LogP contribution in [0.2, 0.25) is 0 Å². The van der Waals surface area contributed by atoms with Crippen molar-refractivity contribution in [1.29, 1.82) is 0 Å². The van der Waals surface area contributed by atoms with Gasteiger partial charge in [0.1, 0.15) is 6.33 Å². The second-order valence-electron chi connectivity index (χ2n) is 1.60. The van der Waals surface area contributed by atoms with Crippen LogP contribution in [0.4, 0.5) is 0 Å². The van der Waals surface area contributed by atoms with E-state index < -0.39 is 0 Å². The molecule has 0 saturated carbocycles. The molecule has 0 unspecified atom stereocenters. The van der Waals surface area contributed by atoms with Crippen LogP contribution in [0.5, 0.6) is 0 Å².